The molecule has 172 valence electrons. The van der Waals surface area contributed by atoms with Crippen LogP contribution in [0.5, 0.6) is 0 Å². The van der Waals surface area contributed by atoms with Gasteiger partial charge in [-0.05, 0) is 65.3 Å². The summed E-state index contributed by atoms with van der Waals surface area (Å²) in [5.41, 5.74) is 4.88. The van der Waals surface area contributed by atoms with E-state index in [1.54, 1.807) is 12.1 Å². The molecule has 0 N–H and O–H groups in total. The zero-order valence-electron chi connectivity index (χ0n) is 19.6. The number of aryl methyl sites for hydroxylation is 1. The van der Waals surface area contributed by atoms with Crippen molar-refractivity contribution in [1.82, 2.24) is 0 Å². The first-order valence-corrected chi connectivity index (χ1v) is 11.6. The van der Waals surface area contributed by atoms with Gasteiger partial charge in [0.25, 0.3) is 11.8 Å². The van der Waals surface area contributed by atoms with Crippen molar-refractivity contribution in [2.24, 2.45) is 0 Å². The van der Waals surface area contributed by atoms with Gasteiger partial charge in [-0.3, -0.25) is 9.59 Å². The van der Waals surface area contributed by atoms with E-state index in [9.17, 15) is 14.0 Å². The van der Waals surface area contributed by atoms with Crippen molar-refractivity contribution in [3.8, 4) is 0 Å². The molecule has 3 aromatic rings. The third-order valence-corrected chi connectivity index (χ3v) is 6.56. The number of imide groups is 1. The fraction of sp³-hybridized carbons (Fsp3) is 0.241. The van der Waals surface area contributed by atoms with Crippen LogP contribution in [0.2, 0.25) is 0 Å². The van der Waals surface area contributed by atoms with Crippen LogP contribution in [0, 0.1) is 5.82 Å². The standard InChI is InChI=1S/C29H27FN2O2/c1-29(2,3)21-12-16-23(17-13-21)32-27(33)25(20-10-14-22(30)15-11-20)26(28(32)34)31-18-6-8-19-7-4-5-9-24(19)31/h4-5,7,9-17H,6,8,18H2,1-3H3. The van der Waals surface area contributed by atoms with Gasteiger partial charge in [-0.1, -0.05) is 63.2 Å². The topological polar surface area (TPSA) is 40.6 Å². The molecule has 0 atom stereocenters. The molecular formula is C29H27FN2O2. The predicted octanol–water partition coefficient (Wildman–Crippen LogP) is 5.86. The average Bonchev–Trinajstić information content (AvgIpc) is 3.08. The van der Waals surface area contributed by atoms with Gasteiger partial charge in [-0.2, -0.15) is 0 Å². The van der Waals surface area contributed by atoms with E-state index in [1.165, 1.54) is 17.0 Å². The highest BCUT2D eigenvalue weighted by atomic mass is 19.1. The summed E-state index contributed by atoms with van der Waals surface area (Å²) in [6, 6.07) is 21.3. The van der Waals surface area contributed by atoms with Crippen LogP contribution in [0.25, 0.3) is 5.57 Å². The van der Waals surface area contributed by atoms with Crippen LogP contribution < -0.4 is 9.80 Å². The van der Waals surface area contributed by atoms with Crippen LogP contribution in [-0.4, -0.2) is 18.4 Å². The molecule has 3 aromatic carbocycles. The molecule has 5 heteroatoms. The number of rotatable bonds is 3. The van der Waals surface area contributed by atoms with Gasteiger partial charge in [0.15, 0.2) is 0 Å². The van der Waals surface area contributed by atoms with Gasteiger partial charge in [0.1, 0.15) is 11.5 Å². The number of hydrogen-bond acceptors (Lipinski definition) is 3. The van der Waals surface area contributed by atoms with E-state index in [0.717, 1.165) is 29.7 Å². The van der Waals surface area contributed by atoms with E-state index in [4.69, 9.17) is 0 Å². The highest BCUT2D eigenvalue weighted by Gasteiger charge is 2.43. The number of carbonyl (C=O) groups is 2. The van der Waals surface area contributed by atoms with Crippen LogP contribution in [-0.2, 0) is 21.4 Å². The van der Waals surface area contributed by atoms with Crippen molar-refractivity contribution in [3.63, 3.8) is 0 Å². The number of hydrogen-bond donors (Lipinski definition) is 0. The molecule has 0 spiro atoms. The lowest BCUT2D eigenvalue weighted by Crippen LogP contribution is -2.37. The van der Waals surface area contributed by atoms with Crippen LogP contribution in [0.4, 0.5) is 15.8 Å². The minimum absolute atomic E-state index is 0.0439. The lowest BCUT2D eigenvalue weighted by molar-refractivity contribution is -0.120. The fourth-order valence-corrected chi connectivity index (χ4v) is 4.76. The molecule has 0 unspecified atom stereocenters. The molecule has 4 nitrogen and oxygen atoms in total. The Morgan fingerprint density at radius 3 is 2.18 bits per heavy atom. The van der Waals surface area contributed by atoms with Gasteiger partial charge >= 0.3 is 0 Å². The van der Waals surface area contributed by atoms with Crippen molar-refractivity contribution >= 4 is 28.8 Å². The van der Waals surface area contributed by atoms with Gasteiger partial charge in [0.2, 0.25) is 0 Å². The number of halogens is 1. The Balaban J connectivity index is 1.64. The van der Waals surface area contributed by atoms with E-state index in [1.807, 2.05) is 47.4 Å². The Morgan fingerprint density at radius 1 is 0.824 bits per heavy atom. The molecule has 2 aliphatic rings. The average molecular weight is 455 g/mol. The van der Waals surface area contributed by atoms with Gasteiger partial charge in [-0.25, -0.2) is 9.29 Å². The van der Waals surface area contributed by atoms with Crippen LogP contribution in [0.1, 0.15) is 43.9 Å². The van der Waals surface area contributed by atoms with Crippen LogP contribution >= 0.6 is 0 Å². The van der Waals surface area contributed by atoms with E-state index in [2.05, 4.69) is 26.8 Å². The number of amides is 2. The summed E-state index contributed by atoms with van der Waals surface area (Å²) < 4.78 is 13.7. The molecule has 0 bridgehead atoms. The number of nitrogens with zero attached hydrogens (tertiary/aromatic N) is 2. The molecule has 5 rings (SSSR count). The van der Waals surface area contributed by atoms with E-state index < -0.39 is 5.91 Å². The summed E-state index contributed by atoms with van der Waals surface area (Å²) in [7, 11) is 0. The van der Waals surface area contributed by atoms with Crippen molar-refractivity contribution in [2.45, 2.75) is 39.0 Å². The summed E-state index contributed by atoms with van der Waals surface area (Å²) in [4.78, 5) is 30.9. The Bertz CT molecular complexity index is 1300. The third-order valence-electron chi connectivity index (χ3n) is 6.56. The largest absolute Gasteiger partial charge is 0.336 e. The number of anilines is 2. The van der Waals surface area contributed by atoms with E-state index in [-0.39, 0.29) is 17.1 Å². The second kappa shape index (κ2) is 8.24. The molecule has 0 fully saturated rings. The number of benzene rings is 3. The first-order valence-electron chi connectivity index (χ1n) is 11.6. The first kappa shape index (κ1) is 22.1. The number of carbonyl (C=O) groups excluding carboxylic acids is 2. The molecule has 0 saturated heterocycles. The van der Waals surface area contributed by atoms with E-state index >= 15 is 0 Å². The van der Waals surface area contributed by atoms with Crippen LogP contribution in [0.3, 0.4) is 0 Å². The van der Waals surface area contributed by atoms with E-state index in [0.29, 0.717) is 29.1 Å². The zero-order chi connectivity index (χ0) is 24.0. The third kappa shape index (κ3) is 3.71. The molecule has 2 aliphatic heterocycles. The summed E-state index contributed by atoms with van der Waals surface area (Å²) in [6.07, 6.45) is 1.80. The summed E-state index contributed by atoms with van der Waals surface area (Å²) in [6.45, 7) is 6.99. The van der Waals surface area contributed by atoms with Crippen molar-refractivity contribution < 1.29 is 14.0 Å². The highest BCUT2D eigenvalue weighted by Crippen LogP contribution is 2.39. The lowest BCUT2D eigenvalue weighted by Gasteiger charge is -2.32. The predicted molar refractivity (Wildman–Crippen MR) is 133 cm³/mol. The molecular weight excluding hydrogens is 427 g/mol. The Hall–Kier alpha value is -3.73. The smallest absolute Gasteiger partial charge is 0.282 e. The van der Waals surface area contributed by atoms with Crippen molar-refractivity contribution in [1.29, 1.82) is 0 Å². The maximum Gasteiger partial charge on any atom is 0.282 e. The summed E-state index contributed by atoms with van der Waals surface area (Å²) in [5, 5.41) is 0. The number of fused-ring (bicyclic) bond motifs is 1. The highest BCUT2D eigenvalue weighted by molar-refractivity contribution is 6.46. The SMILES string of the molecule is CC(C)(C)c1ccc(N2C(=O)C(c3ccc(F)cc3)=C(N3CCCc4ccccc43)C2=O)cc1. The van der Waals surface area contributed by atoms with Gasteiger partial charge in [0, 0.05) is 12.2 Å². The molecule has 0 saturated carbocycles. The van der Waals surface area contributed by atoms with Crippen molar-refractivity contribution in [3.05, 3.63) is 101 Å². The summed E-state index contributed by atoms with van der Waals surface area (Å²) in [5.74, 6) is -1.14. The first-order chi connectivity index (χ1) is 16.3. The minimum Gasteiger partial charge on any atom is -0.336 e. The molecule has 0 aromatic heterocycles. The monoisotopic (exact) mass is 454 g/mol. The van der Waals surface area contributed by atoms with Crippen molar-refractivity contribution in [2.75, 3.05) is 16.3 Å². The van der Waals surface area contributed by atoms with Gasteiger partial charge in [0.05, 0.1) is 11.3 Å². The maximum atomic E-state index is 13.9. The molecule has 0 radical (unpaired) electrons. The summed E-state index contributed by atoms with van der Waals surface area (Å²) >= 11 is 0. The Morgan fingerprint density at radius 2 is 1.50 bits per heavy atom. The lowest BCUT2D eigenvalue weighted by atomic mass is 9.87. The second-order valence-electron chi connectivity index (χ2n) is 9.86. The van der Waals surface area contributed by atoms with Gasteiger partial charge in [-0.15, -0.1) is 0 Å². The molecule has 34 heavy (non-hydrogen) atoms. The Kier molecular flexibility index (Phi) is 5.35. The normalized spacial score (nSPS) is 16.4. The second-order valence-corrected chi connectivity index (χ2v) is 9.86. The van der Waals surface area contributed by atoms with Crippen LogP contribution in [0.15, 0.2) is 78.5 Å². The minimum atomic E-state index is -0.391. The molecule has 2 heterocycles. The van der Waals surface area contributed by atoms with Gasteiger partial charge < -0.3 is 4.90 Å². The fourth-order valence-electron chi connectivity index (χ4n) is 4.76. The molecule has 0 aliphatic carbocycles. The zero-order valence-corrected chi connectivity index (χ0v) is 19.6. The molecule has 2 amide bonds. The maximum absolute atomic E-state index is 13.9. The Labute approximate surface area is 199 Å². The quantitative estimate of drug-likeness (QED) is 0.466. The number of para-hydroxylation sites is 1.